The summed E-state index contributed by atoms with van der Waals surface area (Å²) in [7, 11) is 0. The Morgan fingerprint density at radius 2 is 1.91 bits per heavy atom. The minimum absolute atomic E-state index is 0.0414. The molecule has 1 atom stereocenters. The van der Waals surface area contributed by atoms with Crippen LogP contribution in [0.2, 0.25) is 0 Å². The number of phenolic OH excluding ortho intramolecular Hbond substituents is 1. The van der Waals surface area contributed by atoms with Crippen LogP contribution >= 0.6 is 67.8 Å². The molecule has 0 radical (unpaired) electrons. The zero-order chi connectivity index (χ0) is 17.0. The van der Waals surface area contributed by atoms with Crippen LogP contribution in [-0.2, 0) is 14.3 Å². The molecule has 0 fully saturated rings. The van der Waals surface area contributed by atoms with Gasteiger partial charge in [-0.05, 0) is 87.7 Å². The number of esters is 2. The van der Waals surface area contributed by atoms with Crippen LogP contribution in [0.3, 0.4) is 0 Å². The second-order valence-electron chi connectivity index (χ2n) is 4.48. The van der Waals surface area contributed by atoms with Gasteiger partial charge in [-0.25, -0.2) is 9.59 Å². The first-order valence-electron chi connectivity index (χ1n) is 6.05. The zero-order valence-corrected chi connectivity index (χ0v) is 18.3. The van der Waals surface area contributed by atoms with E-state index < -0.39 is 18.0 Å². The third-order valence-corrected chi connectivity index (χ3v) is 6.49. The van der Waals surface area contributed by atoms with Crippen LogP contribution in [-0.4, -0.2) is 29.8 Å². The van der Waals surface area contributed by atoms with Crippen molar-refractivity contribution in [3.8, 4) is 5.75 Å². The Morgan fingerprint density at radius 3 is 2.45 bits per heavy atom. The third-order valence-electron chi connectivity index (χ3n) is 2.46. The van der Waals surface area contributed by atoms with Crippen LogP contribution in [0.5, 0.6) is 5.75 Å². The molecule has 0 aliphatic heterocycles. The highest BCUT2D eigenvalue weighted by atomic mass is 127. The molecule has 8 heteroatoms. The van der Waals surface area contributed by atoms with Gasteiger partial charge in [0.05, 0.1) is 12.7 Å². The van der Waals surface area contributed by atoms with Crippen molar-refractivity contribution < 1.29 is 24.2 Å². The molecule has 5 nitrogen and oxygen atoms in total. The molecular weight excluding hydrogens is 629 g/mol. The summed E-state index contributed by atoms with van der Waals surface area (Å²) in [6.45, 7) is 6.61. The molecule has 0 saturated heterocycles. The van der Waals surface area contributed by atoms with Gasteiger partial charge in [-0.1, -0.05) is 6.58 Å². The summed E-state index contributed by atoms with van der Waals surface area (Å²) in [6, 6.07) is 1.56. The lowest BCUT2D eigenvalue weighted by atomic mass is 10.2. The van der Waals surface area contributed by atoms with Crippen molar-refractivity contribution in [3.05, 3.63) is 34.5 Å². The van der Waals surface area contributed by atoms with E-state index in [1.165, 1.54) is 0 Å². The summed E-state index contributed by atoms with van der Waals surface area (Å²) in [5, 5.41) is 9.83. The van der Waals surface area contributed by atoms with Crippen molar-refractivity contribution in [1.82, 2.24) is 0 Å². The van der Waals surface area contributed by atoms with Crippen molar-refractivity contribution >= 4 is 79.7 Å². The summed E-state index contributed by atoms with van der Waals surface area (Å²) in [5.74, 6) is -0.907. The molecule has 0 spiro atoms. The molecular formula is C14H13I3O5. The van der Waals surface area contributed by atoms with Crippen LogP contribution in [0.4, 0.5) is 0 Å². The van der Waals surface area contributed by atoms with Crippen molar-refractivity contribution in [1.29, 1.82) is 0 Å². The second-order valence-corrected chi connectivity index (χ2v) is 7.80. The average Bonchev–Trinajstić information content (AvgIpc) is 2.45. The quantitative estimate of drug-likeness (QED) is 0.229. The Morgan fingerprint density at radius 1 is 1.32 bits per heavy atom. The lowest BCUT2D eigenvalue weighted by molar-refractivity contribution is -0.141. The number of phenols is 1. The van der Waals surface area contributed by atoms with E-state index in [1.54, 1.807) is 19.9 Å². The fourth-order valence-corrected chi connectivity index (χ4v) is 3.64. The largest absolute Gasteiger partial charge is 0.506 e. The Bertz CT molecular complexity index is 627. The molecule has 1 aromatic rings. The molecule has 0 saturated carbocycles. The summed E-state index contributed by atoms with van der Waals surface area (Å²) >= 11 is 5.90. The van der Waals surface area contributed by atoms with Gasteiger partial charge in [0.25, 0.3) is 0 Å². The van der Waals surface area contributed by atoms with Gasteiger partial charge >= 0.3 is 11.9 Å². The Labute approximate surface area is 169 Å². The van der Waals surface area contributed by atoms with E-state index in [0.29, 0.717) is 16.3 Å². The van der Waals surface area contributed by atoms with Gasteiger partial charge < -0.3 is 14.6 Å². The molecule has 0 heterocycles. The van der Waals surface area contributed by atoms with Crippen LogP contribution in [0, 0.1) is 10.7 Å². The maximum absolute atomic E-state index is 12.2. The molecule has 22 heavy (non-hydrogen) atoms. The molecule has 1 N–H and O–H groups in total. The summed E-state index contributed by atoms with van der Waals surface area (Å²) < 4.78 is 12.0. The Hall–Kier alpha value is -0.110. The predicted molar refractivity (Wildman–Crippen MR) is 107 cm³/mol. The maximum atomic E-state index is 12.2. The van der Waals surface area contributed by atoms with Crippen LogP contribution in [0.1, 0.15) is 24.2 Å². The molecule has 1 aromatic carbocycles. The first-order valence-corrected chi connectivity index (χ1v) is 9.28. The number of hydrogen-bond donors (Lipinski definition) is 1. The smallest absolute Gasteiger partial charge is 0.339 e. The monoisotopic (exact) mass is 642 g/mol. The average molecular weight is 642 g/mol. The van der Waals surface area contributed by atoms with E-state index in [1.807, 2.05) is 67.8 Å². The Kier molecular flexibility index (Phi) is 7.85. The van der Waals surface area contributed by atoms with Gasteiger partial charge in [0, 0.05) is 9.14 Å². The second kappa shape index (κ2) is 8.66. The van der Waals surface area contributed by atoms with Crippen LogP contribution in [0.15, 0.2) is 18.2 Å². The predicted octanol–water partition coefficient (Wildman–Crippen LogP) is 3.87. The number of benzene rings is 1. The molecule has 120 valence electrons. The van der Waals surface area contributed by atoms with Crippen molar-refractivity contribution in [3.63, 3.8) is 0 Å². The molecule has 1 rings (SSSR count). The van der Waals surface area contributed by atoms with Gasteiger partial charge in [-0.3, -0.25) is 0 Å². The van der Waals surface area contributed by atoms with Crippen molar-refractivity contribution in [2.75, 3.05) is 6.61 Å². The molecule has 0 aliphatic carbocycles. The topological polar surface area (TPSA) is 72.8 Å². The fourth-order valence-electron chi connectivity index (χ4n) is 1.33. The summed E-state index contributed by atoms with van der Waals surface area (Å²) in [6.07, 6.45) is -0.587. The number of aromatic hydroxyl groups is 1. The van der Waals surface area contributed by atoms with Crippen molar-refractivity contribution in [2.45, 2.75) is 20.0 Å². The first kappa shape index (κ1) is 19.9. The molecule has 0 amide bonds. The molecule has 0 aromatic heterocycles. The third kappa shape index (κ3) is 5.22. The van der Waals surface area contributed by atoms with E-state index >= 15 is 0 Å². The van der Waals surface area contributed by atoms with Gasteiger partial charge in [0.15, 0.2) is 0 Å². The van der Waals surface area contributed by atoms with Gasteiger partial charge in [-0.2, -0.15) is 0 Å². The summed E-state index contributed by atoms with van der Waals surface area (Å²) in [5.41, 5.74) is 0.654. The number of halogens is 3. The minimum Gasteiger partial charge on any atom is -0.506 e. The van der Waals surface area contributed by atoms with Gasteiger partial charge in [-0.15, -0.1) is 0 Å². The first-order chi connectivity index (χ1) is 10.1. The highest BCUT2D eigenvalue weighted by molar-refractivity contribution is 14.1. The Balaban J connectivity index is 2.78. The molecule has 0 bridgehead atoms. The van der Waals surface area contributed by atoms with E-state index in [0.717, 1.165) is 0 Å². The number of rotatable bonds is 5. The van der Waals surface area contributed by atoms with Gasteiger partial charge in [0.2, 0.25) is 0 Å². The number of carbonyl (C=O) groups excluding carboxylic acids is 2. The lowest BCUT2D eigenvalue weighted by Gasteiger charge is -2.15. The van der Waals surface area contributed by atoms with Crippen LogP contribution < -0.4 is 0 Å². The highest BCUT2D eigenvalue weighted by Crippen LogP contribution is 2.32. The molecule has 1 unspecified atom stereocenters. The van der Waals surface area contributed by atoms with Crippen LogP contribution in [0.25, 0.3) is 0 Å². The van der Waals surface area contributed by atoms with E-state index in [9.17, 15) is 14.7 Å². The van der Waals surface area contributed by atoms with E-state index in [-0.39, 0.29) is 17.9 Å². The number of hydrogen-bond acceptors (Lipinski definition) is 5. The maximum Gasteiger partial charge on any atom is 0.339 e. The van der Waals surface area contributed by atoms with E-state index in [2.05, 4.69) is 6.58 Å². The minimum atomic E-state index is -0.587. The standard InChI is InChI=1S/C14H13I3O5/c1-6(2)13(19)21-5-7(3)22-14(20)8-4-9(15)12(18)11(17)10(8)16/h4,7,18H,1,5H2,2-3H3. The van der Waals surface area contributed by atoms with E-state index in [4.69, 9.17) is 9.47 Å². The fraction of sp³-hybridized carbons (Fsp3) is 0.286. The lowest BCUT2D eigenvalue weighted by Crippen LogP contribution is -2.23. The molecule has 0 aliphatic rings. The van der Waals surface area contributed by atoms with Crippen molar-refractivity contribution in [2.24, 2.45) is 0 Å². The normalized spacial score (nSPS) is 11.7. The SMILES string of the molecule is C=C(C)C(=O)OCC(C)OC(=O)c1cc(I)c(O)c(I)c1I. The number of carbonyl (C=O) groups is 2. The van der Waals surface area contributed by atoms with Gasteiger partial charge in [0.1, 0.15) is 18.5 Å². The zero-order valence-electron chi connectivity index (χ0n) is 11.8. The highest BCUT2D eigenvalue weighted by Gasteiger charge is 2.21. The summed E-state index contributed by atoms with van der Waals surface area (Å²) in [4.78, 5) is 23.5. The number of ether oxygens (including phenoxy) is 2.